The van der Waals surface area contributed by atoms with Gasteiger partial charge in [-0.25, -0.2) is 0 Å². The number of aliphatic imine (C=N–C) groups is 1. The molecule has 1 aromatic heterocycles. The van der Waals surface area contributed by atoms with Crippen molar-refractivity contribution in [3.8, 4) is 0 Å². The molecule has 0 saturated carbocycles. The van der Waals surface area contributed by atoms with Crippen LogP contribution in [-0.4, -0.2) is 34.7 Å². The van der Waals surface area contributed by atoms with Gasteiger partial charge in [-0.05, 0) is 18.6 Å². The fourth-order valence-corrected chi connectivity index (χ4v) is 1.92. The lowest BCUT2D eigenvalue weighted by Crippen LogP contribution is -2.34. The molecule has 1 aromatic rings. The highest BCUT2D eigenvalue weighted by molar-refractivity contribution is 6.22. The summed E-state index contributed by atoms with van der Waals surface area (Å²) in [5.41, 5.74) is 1.44. The molecule has 0 fully saturated rings. The zero-order valence-electron chi connectivity index (χ0n) is 7.60. The van der Waals surface area contributed by atoms with Gasteiger partial charge in [0.15, 0.2) is 0 Å². The largest absolute Gasteiger partial charge is 0.291 e. The van der Waals surface area contributed by atoms with Crippen molar-refractivity contribution < 1.29 is 4.79 Å². The van der Waals surface area contributed by atoms with Crippen LogP contribution in [0.15, 0.2) is 23.3 Å². The van der Waals surface area contributed by atoms with Crippen molar-refractivity contribution >= 4 is 11.7 Å². The molecule has 2 aliphatic rings. The fourth-order valence-electron chi connectivity index (χ4n) is 1.92. The number of hydrogen-bond donors (Lipinski definition) is 0. The Kier molecular flexibility index (Phi) is 1.45. The molecule has 0 aromatic carbocycles. The number of pyridine rings is 1. The van der Waals surface area contributed by atoms with Gasteiger partial charge in [0.1, 0.15) is 11.5 Å². The lowest BCUT2D eigenvalue weighted by molar-refractivity contribution is 0.0850. The van der Waals surface area contributed by atoms with Gasteiger partial charge in [-0.1, -0.05) is 0 Å². The molecule has 4 heteroatoms. The van der Waals surface area contributed by atoms with Crippen LogP contribution in [0.3, 0.4) is 0 Å². The molecular weight excluding hydrogens is 178 g/mol. The number of carbonyl (C=O) groups is 1. The Hall–Kier alpha value is -1.71. The Bertz CT molecular complexity index is 439. The third kappa shape index (κ3) is 0.852. The Morgan fingerprint density at radius 3 is 3.29 bits per heavy atom. The highest BCUT2D eigenvalue weighted by Gasteiger charge is 2.35. The van der Waals surface area contributed by atoms with E-state index < -0.39 is 0 Å². The van der Waals surface area contributed by atoms with Crippen LogP contribution in [0, 0.1) is 0 Å². The molecule has 4 nitrogen and oxygen atoms in total. The van der Waals surface area contributed by atoms with E-state index in [1.165, 1.54) is 0 Å². The Morgan fingerprint density at radius 1 is 1.43 bits per heavy atom. The second kappa shape index (κ2) is 2.64. The van der Waals surface area contributed by atoms with Gasteiger partial charge in [-0.15, -0.1) is 0 Å². The Morgan fingerprint density at radius 2 is 2.36 bits per heavy atom. The average molecular weight is 187 g/mol. The molecule has 0 N–H and O–H groups in total. The summed E-state index contributed by atoms with van der Waals surface area (Å²) in [5.74, 6) is 0.809. The van der Waals surface area contributed by atoms with E-state index in [-0.39, 0.29) is 5.91 Å². The summed E-state index contributed by atoms with van der Waals surface area (Å²) >= 11 is 0. The lowest BCUT2D eigenvalue weighted by Gasteiger charge is -2.20. The number of amides is 1. The van der Waals surface area contributed by atoms with Gasteiger partial charge in [-0.2, -0.15) is 0 Å². The molecule has 0 aliphatic carbocycles. The SMILES string of the molecule is O=C1c2ncccc2C2=NCCCN12. The molecule has 3 rings (SSSR count). The van der Waals surface area contributed by atoms with E-state index in [1.807, 2.05) is 12.1 Å². The minimum Gasteiger partial charge on any atom is -0.291 e. The second-order valence-corrected chi connectivity index (χ2v) is 3.42. The number of amidine groups is 1. The number of carbonyl (C=O) groups excluding carboxylic acids is 1. The van der Waals surface area contributed by atoms with E-state index in [2.05, 4.69) is 9.98 Å². The van der Waals surface area contributed by atoms with Crippen molar-refractivity contribution in [2.45, 2.75) is 6.42 Å². The molecule has 0 atom stereocenters. The van der Waals surface area contributed by atoms with E-state index in [0.717, 1.165) is 30.9 Å². The third-order valence-corrected chi connectivity index (χ3v) is 2.55. The van der Waals surface area contributed by atoms with Gasteiger partial charge in [-0.3, -0.25) is 19.7 Å². The van der Waals surface area contributed by atoms with Crippen molar-refractivity contribution in [3.05, 3.63) is 29.6 Å². The van der Waals surface area contributed by atoms with E-state index >= 15 is 0 Å². The minimum atomic E-state index is -0.000880. The molecule has 2 aliphatic heterocycles. The van der Waals surface area contributed by atoms with E-state index in [9.17, 15) is 4.79 Å². The van der Waals surface area contributed by atoms with Crippen LogP contribution >= 0.6 is 0 Å². The highest BCUT2D eigenvalue weighted by Crippen LogP contribution is 2.23. The van der Waals surface area contributed by atoms with Crippen LogP contribution in [-0.2, 0) is 0 Å². The Labute approximate surface area is 81.3 Å². The number of aromatic nitrogens is 1. The van der Waals surface area contributed by atoms with Gasteiger partial charge in [0.25, 0.3) is 5.91 Å². The molecule has 14 heavy (non-hydrogen) atoms. The van der Waals surface area contributed by atoms with E-state index in [0.29, 0.717) is 5.69 Å². The highest BCUT2D eigenvalue weighted by atomic mass is 16.2. The van der Waals surface area contributed by atoms with Crippen molar-refractivity contribution in [2.75, 3.05) is 13.1 Å². The second-order valence-electron chi connectivity index (χ2n) is 3.42. The quantitative estimate of drug-likeness (QED) is 0.599. The topological polar surface area (TPSA) is 45.6 Å². The number of fused-ring (bicyclic) bond motifs is 3. The van der Waals surface area contributed by atoms with Gasteiger partial charge >= 0.3 is 0 Å². The number of rotatable bonds is 0. The van der Waals surface area contributed by atoms with E-state index in [1.54, 1.807) is 11.1 Å². The smallest absolute Gasteiger partial charge is 0.278 e. The first-order chi connectivity index (χ1) is 6.88. The number of nitrogens with zero attached hydrogens (tertiary/aromatic N) is 3. The fraction of sp³-hybridized carbons (Fsp3) is 0.300. The molecular formula is C10H9N3O. The zero-order valence-corrected chi connectivity index (χ0v) is 7.60. The van der Waals surface area contributed by atoms with Gasteiger partial charge in [0, 0.05) is 24.8 Å². The summed E-state index contributed by atoms with van der Waals surface area (Å²) in [7, 11) is 0. The number of hydrogen-bond acceptors (Lipinski definition) is 3. The maximum atomic E-state index is 11.8. The van der Waals surface area contributed by atoms with Crippen LogP contribution in [0.4, 0.5) is 0 Å². The van der Waals surface area contributed by atoms with Crippen LogP contribution in [0.5, 0.6) is 0 Å². The lowest BCUT2D eigenvalue weighted by atomic mass is 10.2. The molecule has 0 unspecified atom stereocenters. The molecule has 70 valence electrons. The van der Waals surface area contributed by atoms with Crippen molar-refractivity contribution in [2.24, 2.45) is 4.99 Å². The van der Waals surface area contributed by atoms with Crippen LogP contribution in [0.1, 0.15) is 22.5 Å². The van der Waals surface area contributed by atoms with Gasteiger partial charge in [0.05, 0.1) is 0 Å². The molecule has 0 spiro atoms. The third-order valence-electron chi connectivity index (χ3n) is 2.55. The predicted molar refractivity (Wildman–Crippen MR) is 51.3 cm³/mol. The van der Waals surface area contributed by atoms with E-state index in [4.69, 9.17) is 0 Å². The Balaban J connectivity index is 2.23. The average Bonchev–Trinajstić information content (AvgIpc) is 2.55. The van der Waals surface area contributed by atoms with Gasteiger partial charge in [0.2, 0.25) is 0 Å². The van der Waals surface area contributed by atoms with Crippen LogP contribution in [0.2, 0.25) is 0 Å². The summed E-state index contributed by atoms with van der Waals surface area (Å²) in [6, 6.07) is 3.75. The van der Waals surface area contributed by atoms with Crippen molar-refractivity contribution in [3.63, 3.8) is 0 Å². The summed E-state index contributed by atoms with van der Waals surface area (Å²) in [5, 5.41) is 0. The zero-order chi connectivity index (χ0) is 9.54. The monoisotopic (exact) mass is 187 g/mol. The normalized spacial score (nSPS) is 19.0. The molecule has 0 radical (unpaired) electrons. The summed E-state index contributed by atoms with van der Waals surface area (Å²) in [6.07, 6.45) is 2.60. The maximum absolute atomic E-state index is 11.8. The summed E-state index contributed by atoms with van der Waals surface area (Å²) in [6.45, 7) is 1.58. The van der Waals surface area contributed by atoms with Gasteiger partial charge < -0.3 is 0 Å². The first-order valence-corrected chi connectivity index (χ1v) is 4.69. The first-order valence-electron chi connectivity index (χ1n) is 4.69. The van der Waals surface area contributed by atoms with Crippen LogP contribution < -0.4 is 0 Å². The standard InChI is InChI=1S/C10H9N3O/c14-10-8-7(3-1-4-11-8)9-12-5-2-6-13(9)10/h1,3-4H,2,5-6H2. The molecule has 1 amide bonds. The van der Waals surface area contributed by atoms with Crippen molar-refractivity contribution in [1.82, 2.24) is 9.88 Å². The first kappa shape index (κ1) is 7.67. The molecule has 0 bridgehead atoms. The maximum Gasteiger partial charge on any atom is 0.278 e. The van der Waals surface area contributed by atoms with Crippen molar-refractivity contribution in [1.29, 1.82) is 0 Å². The predicted octanol–water partition coefficient (Wildman–Crippen LogP) is 0.688. The summed E-state index contributed by atoms with van der Waals surface area (Å²) in [4.78, 5) is 22.0. The minimum absolute atomic E-state index is 0.000880. The van der Waals surface area contributed by atoms with Crippen LogP contribution in [0.25, 0.3) is 0 Å². The summed E-state index contributed by atoms with van der Waals surface area (Å²) < 4.78 is 0. The molecule has 0 saturated heterocycles. The molecule has 3 heterocycles.